The molecule has 3 fully saturated rings. The number of likely N-dealkylation sites (tertiary alicyclic amines) is 1. The maximum absolute atomic E-state index is 12.3. The normalized spacial score (nSPS) is 38.8. The van der Waals surface area contributed by atoms with Crippen molar-refractivity contribution in [1.29, 1.82) is 0 Å². The van der Waals surface area contributed by atoms with Crippen molar-refractivity contribution in [1.82, 2.24) is 10.2 Å². The Labute approximate surface area is 105 Å². The minimum Gasteiger partial charge on any atom is -0.341 e. The van der Waals surface area contributed by atoms with E-state index in [4.69, 9.17) is 0 Å². The van der Waals surface area contributed by atoms with E-state index >= 15 is 0 Å². The Morgan fingerprint density at radius 3 is 2.56 bits per heavy atom. The Bertz CT molecular complexity index is 269. The minimum absolute atomic E-state index is 0.241. The summed E-state index contributed by atoms with van der Waals surface area (Å²) in [6, 6.07) is 0. The number of thioether (sulfide) groups is 2. The summed E-state index contributed by atoms with van der Waals surface area (Å²) in [6.07, 6.45) is 0. The number of nitrogens with one attached hydrogen (secondary N) is 1. The van der Waals surface area contributed by atoms with Crippen molar-refractivity contribution in [2.75, 3.05) is 43.4 Å². The molecule has 0 saturated carbocycles. The van der Waals surface area contributed by atoms with E-state index in [9.17, 15) is 4.79 Å². The van der Waals surface area contributed by atoms with Gasteiger partial charge >= 0.3 is 0 Å². The molecule has 1 unspecified atom stereocenters. The van der Waals surface area contributed by atoms with Crippen LogP contribution in [0.3, 0.4) is 0 Å². The van der Waals surface area contributed by atoms with Gasteiger partial charge in [0.25, 0.3) is 0 Å². The molecule has 3 atom stereocenters. The van der Waals surface area contributed by atoms with Gasteiger partial charge in [-0.15, -0.1) is 11.8 Å². The number of amides is 1. The third kappa shape index (κ3) is 2.09. The third-order valence-electron chi connectivity index (χ3n) is 3.79. The van der Waals surface area contributed by atoms with Crippen molar-refractivity contribution in [3.63, 3.8) is 0 Å². The SMILES string of the molecule is O=C(C1CSCCS1)N1C[C@H]2CNC[C@H]2C1. The first-order valence-corrected chi connectivity index (χ1v) is 8.24. The van der Waals surface area contributed by atoms with Gasteiger partial charge < -0.3 is 10.2 Å². The molecular weight excluding hydrogens is 240 g/mol. The van der Waals surface area contributed by atoms with E-state index in [0.29, 0.717) is 5.91 Å². The Morgan fingerprint density at radius 1 is 1.19 bits per heavy atom. The molecule has 90 valence electrons. The Balaban J connectivity index is 1.59. The lowest BCUT2D eigenvalue weighted by atomic mass is 10.0. The van der Waals surface area contributed by atoms with Gasteiger partial charge in [0.05, 0.1) is 5.25 Å². The van der Waals surface area contributed by atoms with Gasteiger partial charge in [-0.05, 0) is 11.8 Å². The van der Waals surface area contributed by atoms with Crippen LogP contribution >= 0.6 is 23.5 Å². The number of rotatable bonds is 1. The van der Waals surface area contributed by atoms with Gasteiger partial charge in [0, 0.05) is 43.4 Å². The number of hydrogen-bond donors (Lipinski definition) is 1. The molecule has 3 saturated heterocycles. The van der Waals surface area contributed by atoms with Crippen molar-refractivity contribution in [3.8, 4) is 0 Å². The van der Waals surface area contributed by atoms with Crippen LogP contribution in [0.4, 0.5) is 0 Å². The first-order valence-electron chi connectivity index (χ1n) is 6.03. The molecule has 1 N–H and O–H groups in total. The van der Waals surface area contributed by atoms with Crippen molar-refractivity contribution in [2.24, 2.45) is 11.8 Å². The highest BCUT2D eigenvalue weighted by molar-refractivity contribution is 8.07. The first kappa shape index (κ1) is 11.2. The van der Waals surface area contributed by atoms with Crippen molar-refractivity contribution in [2.45, 2.75) is 5.25 Å². The number of carbonyl (C=O) groups is 1. The van der Waals surface area contributed by atoms with Crippen LogP contribution in [0.15, 0.2) is 0 Å². The predicted molar refractivity (Wildman–Crippen MR) is 70.0 cm³/mol. The Hall–Kier alpha value is 0.130. The maximum Gasteiger partial charge on any atom is 0.236 e. The molecule has 3 heterocycles. The quantitative estimate of drug-likeness (QED) is 0.743. The number of fused-ring (bicyclic) bond motifs is 1. The fourth-order valence-electron chi connectivity index (χ4n) is 2.87. The molecule has 0 radical (unpaired) electrons. The van der Waals surface area contributed by atoms with E-state index in [0.717, 1.165) is 49.5 Å². The van der Waals surface area contributed by atoms with E-state index in [1.54, 1.807) is 0 Å². The molecule has 3 rings (SSSR count). The summed E-state index contributed by atoms with van der Waals surface area (Å²) >= 11 is 3.79. The third-order valence-corrected chi connectivity index (χ3v) is 6.53. The average Bonchev–Trinajstić information content (AvgIpc) is 2.89. The highest BCUT2D eigenvalue weighted by atomic mass is 32.2. The highest BCUT2D eigenvalue weighted by Crippen LogP contribution is 2.30. The summed E-state index contributed by atoms with van der Waals surface area (Å²) < 4.78 is 0. The molecule has 5 heteroatoms. The summed E-state index contributed by atoms with van der Waals surface area (Å²) in [5, 5.41) is 3.66. The molecule has 0 aromatic carbocycles. The van der Waals surface area contributed by atoms with Crippen LogP contribution < -0.4 is 5.32 Å². The topological polar surface area (TPSA) is 32.3 Å². The Kier molecular flexibility index (Phi) is 3.36. The average molecular weight is 258 g/mol. The van der Waals surface area contributed by atoms with E-state index in [1.165, 1.54) is 5.75 Å². The smallest absolute Gasteiger partial charge is 0.236 e. The minimum atomic E-state index is 0.241. The molecule has 0 aromatic heterocycles. The molecule has 16 heavy (non-hydrogen) atoms. The van der Waals surface area contributed by atoms with Crippen molar-refractivity contribution < 1.29 is 4.79 Å². The number of carbonyl (C=O) groups excluding carboxylic acids is 1. The van der Waals surface area contributed by atoms with Crippen LogP contribution in [-0.4, -0.2) is 59.5 Å². The molecular formula is C11H18N2OS2. The largest absolute Gasteiger partial charge is 0.341 e. The van der Waals surface area contributed by atoms with Gasteiger partial charge in [0.15, 0.2) is 0 Å². The highest BCUT2D eigenvalue weighted by Gasteiger charge is 2.40. The second kappa shape index (κ2) is 4.78. The van der Waals surface area contributed by atoms with Crippen molar-refractivity contribution >= 4 is 29.4 Å². The van der Waals surface area contributed by atoms with Gasteiger partial charge in [-0.25, -0.2) is 0 Å². The number of hydrogen-bond acceptors (Lipinski definition) is 4. The van der Waals surface area contributed by atoms with Gasteiger partial charge in [-0.3, -0.25) is 4.79 Å². The number of nitrogens with zero attached hydrogens (tertiary/aromatic N) is 1. The van der Waals surface area contributed by atoms with E-state index in [1.807, 2.05) is 23.5 Å². The molecule has 0 aromatic rings. The van der Waals surface area contributed by atoms with Crippen molar-refractivity contribution in [3.05, 3.63) is 0 Å². The lowest BCUT2D eigenvalue weighted by Gasteiger charge is -2.26. The fourth-order valence-corrected chi connectivity index (χ4v) is 5.50. The molecule has 3 aliphatic rings. The van der Waals surface area contributed by atoms with Crippen LogP contribution in [0.1, 0.15) is 0 Å². The summed E-state index contributed by atoms with van der Waals surface area (Å²) in [7, 11) is 0. The van der Waals surface area contributed by atoms with E-state index in [2.05, 4.69) is 10.2 Å². The van der Waals surface area contributed by atoms with E-state index < -0.39 is 0 Å². The lowest BCUT2D eigenvalue weighted by Crippen LogP contribution is -2.40. The van der Waals surface area contributed by atoms with Crippen LogP contribution in [-0.2, 0) is 4.79 Å². The van der Waals surface area contributed by atoms with Gasteiger partial charge in [0.1, 0.15) is 0 Å². The summed E-state index contributed by atoms with van der Waals surface area (Å²) in [5.41, 5.74) is 0. The monoisotopic (exact) mass is 258 g/mol. The summed E-state index contributed by atoms with van der Waals surface area (Å²) in [5.74, 6) is 5.24. The maximum atomic E-state index is 12.3. The van der Waals surface area contributed by atoms with Crippen LogP contribution in [0.5, 0.6) is 0 Å². The standard InChI is InChI=1S/C11H18N2OS2/c14-11(10-7-15-1-2-16-10)13-5-8-3-12-4-9(8)6-13/h8-10,12H,1-7H2/t8-,9+,10?. The van der Waals surface area contributed by atoms with Crippen LogP contribution in [0, 0.1) is 11.8 Å². The van der Waals surface area contributed by atoms with Gasteiger partial charge in [-0.2, -0.15) is 11.8 Å². The molecule has 3 nitrogen and oxygen atoms in total. The first-order chi connectivity index (χ1) is 7.84. The summed E-state index contributed by atoms with van der Waals surface area (Å²) in [6.45, 7) is 4.22. The summed E-state index contributed by atoms with van der Waals surface area (Å²) in [4.78, 5) is 14.4. The van der Waals surface area contributed by atoms with Gasteiger partial charge in [-0.1, -0.05) is 0 Å². The zero-order valence-corrected chi connectivity index (χ0v) is 11.0. The van der Waals surface area contributed by atoms with Crippen LogP contribution in [0.2, 0.25) is 0 Å². The zero-order chi connectivity index (χ0) is 11.0. The molecule has 0 aliphatic carbocycles. The van der Waals surface area contributed by atoms with E-state index in [-0.39, 0.29) is 5.25 Å². The second-order valence-corrected chi connectivity index (χ2v) is 7.32. The lowest BCUT2D eigenvalue weighted by molar-refractivity contribution is -0.129. The molecule has 3 aliphatic heterocycles. The zero-order valence-electron chi connectivity index (χ0n) is 9.35. The van der Waals surface area contributed by atoms with Crippen LogP contribution in [0.25, 0.3) is 0 Å². The second-order valence-electron chi connectivity index (χ2n) is 4.86. The fraction of sp³-hybridized carbons (Fsp3) is 0.909. The Morgan fingerprint density at radius 2 is 1.94 bits per heavy atom. The van der Waals surface area contributed by atoms with Gasteiger partial charge in [0.2, 0.25) is 5.91 Å². The predicted octanol–water partition coefficient (Wildman–Crippen LogP) is 0.513. The molecule has 0 bridgehead atoms. The molecule has 0 spiro atoms. The molecule has 1 amide bonds.